The van der Waals surface area contributed by atoms with Gasteiger partial charge in [0.2, 0.25) is 0 Å². The predicted molar refractivity (Wildman–Crippen MR) is 66.9 cm³/mol. The molecule has 3 nitrogen and oxygen atoms in total. The predicted octanol–water partition coefficient (Wildman–Crippen LogP) is 2.07. The second-order valence-corrected chi connectivity index (χ2v) is 6.15. The molecule has 4 heteroatoms. The van der Waals surface area contributed by atoms with Gasteiger partial charge in [0, 0.05) is 19.0 Å². The SMILES string of the molecule is O=C(O)CCC1CCN(C2CCSCC2)C1. The van der Waals surface area contributed by atoms with Gasteiger partial charge in [0.15, 0.2) is 0 Å². The van der Waals surface area contributed by atoms with Crippen LogP contribution in [0.15, 0.2) is 0 Å². The highest BCUT2D eigenvalue weighted by Gasteiger charge is 2.29. The molecule has 0 radical (unpaired) electrons. The molecule has 0 saturated carbocycles. The van der Waals surface area contributed by atoms with Crippen LogP contribution in [0.4, 0.5) is 0 Å². The zero-order valence-corrected chi connectivity index (χ0v) is 10.5. The number of carboxylic acids is 1. The van der Waals surface area contributed by atoms with Crippen molar-refractivity contribution in [3.8, 4) is 0 Å². The average Bonchev–Trinajstić information content (AvgIpc) is 2.76. The van der Waals surface area contributed by atoms with E-state index < -0.39 is 5.97 Å². The first kappa shape index (κ1) is 12.2. The second-order valence-electron chi connectivity index (χ2n) is 4.93. The summed E-state index contributed by atoms with van der Waals surface area (Å²) in [6.07, 6.45) is 5.08. The van der Waals surface area contributed by atoms with Gasteiger partial charge in [-0.2, -0.15) is 11.8 Å². The van der Waals surface area contributed by atoms with E-state index in [1.807, 2.05) is 0 Å². The van der Waals surface area contributed by atoms with Gasteiger partial charge in [-0.3, -0.25) is 4.79 Å². The molecule has 0 amide bonds. The van der Waals surface area contributed by atoms with Gasteiger partial charge in [-0.25, -0.2) is 0 Å². The lowest BCUT2D eigenvalue weighted by Crippen LogP contribution is -2.36. The molecule has 0 bridgehead atoms. The Morgan fingerprint density at radius 1 is 1.31 bits per heavy atom. The van der Waals surface area contributed by atoms with Crippen LogP contribution >= 0.6 is 11.8 Å². The molecule has 1 N–H and O–H groups in total. The molecule has 2 fully saturated rings. The molecule has 2 aliphatic rings. The van der Waals surface area contributed by atoms with Crippen molar-refractivity contribution in [3.05, 3.63) is 0 Å². The molecular formula is C12H21NO2S. The van der Waals surface area contributed by atoms with Crippen molar-refractivity contribution >= 4 is 17.7 Å². The van der Waals surface area contributed by atoms with Gasteiger partial charge in [-0.1, -0.05) is 0 Å². The summed E-state index contributed by atoms with van der Waals surface area (Å²) in [5.74, 6) is 2.60. The van der Waals surface area contributed by atoms with Crippen LogP contribution in [0.2, 0.25) is 0 Å². The Hall–Kier alpha value is -0.220. The molecule has 0 aromatic rings. The van der Waals surface area contributed by atoms with E-state index in [0.29, 0.717) is 12.3 Å². The summed E-state index contributed by atoms with van der Waals surface area (Å²) in [5.41, 5.74) is 0. The van der Waals surface area contributed by atoms with Crippen molar-refractivity contribution in [2.45, 2.75) is 38.1 Å². The number of hydrogen-bond acceptors (Lipinski definition) is 3. The summed E-state index contributed by atoms with van der Waals surface area (Å²) in [6, 6.07) is 0.788. The van der Waals surface area contributed by atoms with Gasteiger partial charge < -0.3 is 10.0 Å². The first-order valence-corrected chi connectivity index (χ1v) is 7.45. The minimum absolute atomic E-state index is 0.346. The molecule has 92 valence electrons. The van der Waals surface area contributed by atoms with Gasteiger partial charge in [0.25, 0.3) is 0 Å². The summed E-state index contributed by atoms with van der Waals surface area (Å²) in [5, 5.41) is 8.67. The van der Waals surface area contributed by atoms with E-state index in [1.165, 1.54) is 37.3 Å². The molecular weight excluding hydrogens is 222 g/mol. The lowest BCUT2D eigenvalue weighted by Gasteiger charge is -2.30. The van der Waals surface area contributed by atoms with Gasteiger partial charge >= 0.3 is 5.97 Å². The lowest BCUT2D eigenvalue weighted by atomic mass is 10.0. The van der Waals surface area contributed by atoms with Crippen LogP contribution in [0, 0.1) is 5.92 Å². The summed E-state index contributed by atoms with van der Waals surface area (Å²) in [7, 11) is 0. The first-order valence-electron chi connectivity index (χ1n) is 6.29. The van der Waals surface area contributed by atoms with E-state index >= 15 is 0 Å². The maximum atomic E-state index is 10.5. The van der Waals surface area contributed by atoms with Crippen LogP contribution < -0.4 is 0 Å². The van der Waals surface area contributed by atoms with Gasteiger partial charge in [-0.15, -0.1) is 0 Å². The number of nitrogens with zero attached hydrogens (tertiary/aromatic N) is 1. The van der Waals surface area contributed by atoms with Crippen molar-refractivity contribution in [1.82, 2.24) is 4.90 Å². The monoisotopic (exact) mass is 243 g/mol. The third-order valence-corrected chi connectivity index (χ3v) is 4.84. The van der Waals surface area contributed by atoms with Crippen molar-refractivity contribution in [1.29, 1.82) is 0 Å². The van der Waals surface area contributed by atoms with E-state index in [-0.39, 0.29) is 0 Å². The van der Waals surface area contributed by atoms with E-state index in [9.17, 15) is 4.79 Å². The molecule has 2 rings (SSSR count). The van der Waals surface area contributed by atoms with Crippen molar-refractivity contribution < 1.29 is 9.90 Å². The molecule has 2 aliphatic heterocycles. The highest BCUT2D eigenvalue weighted by Crippen LogP contribution is 2.28. The number of aliphatic carboxylic acids is 1. The molecule has 2 heterocycles. The van der Waals surface area contributed by atoms with Crippen LogP contribution in [0.5, 0.6) is 0 Å². The number of hydrogen-bond donors (Lipinski definition) is 1. The second kappa shape index (κ2) is 5.92. The van der Waals surface area contributed by atoms with E-state index in [1.54, 1.807) is 0 Å². The van der Waals surface area contributed by atoms with Crippen LogP contribution in [-0.2, 0) is 4.79 Å². The fraction of sp³-hybridized carbons (Fsp3) is 0.917. The third-order valence-electron chi connectivity index (χ3n) is 3.79. The first-order chi connectivity index (χ1) is 7.75. The van der Waals surface area contributed by atoms with Crippen molar-refractivity contribution in [3.63, 3.8) is 0 Å². The van der Waals surface area contributed by atoms with Gasteiger partial charge in [0.05, 0.1) is 0 Å². The minimum atomic E-state index is -0.646. The molecule has 1 unspecified atom stereocenters. The van der Waals surface area contributed by atoms with Crippen molar-refractivity contribution in [2.75, 3.05) is 24.6 Å². The lowest BCUT2D eigenvalue weighted by molar-refractivity contribution is -0.137. The highest BCUT2D eigenvalue weighted by atomic mass is 32.2. The number of carboxylic acid groups (broad SMARTS) is 1. The Labute approximate surface area is 102 Å². The fourth-order valence-electron chi connectivity index (χ4n) is 2.81. The summed E-state index contributed by atoms with van der Waals surface area (Å²) in [6.45, 7) is 2.34. The molecule has 0 aliphatic carbocycles. The molecule has 0 aromatic carbocycles. The van der Waals surface area contributed by atoms with Crippen LogP contribution in [0.3, 0.4) is 0 Å². The zero-order chi connectivity index (χ0) is 11.4. The largest absolute Gasteiger partial charge is 0.481 e. The van der Waals surface area contributed by atoms with Gasteiger partial charge in [-0.05, 0) is 49.7 Å². The molecule has 2 saturated heterocycles. The smallest absolute Gasteiger partial charge is 0.303 e. The van der Waals surface area contributed by atoms with E-state index in [2.05, 4.69) is 16.7 Å². The Morgan fingerprint density at radius 2 is 2.06 bits per heavy atom. The van der Waals surface area contributed by atoms with Crippen LogP contribution in [0.1, 0.15) is 32.1 Å². The van der Waals surface area contributed by atoms with Crippen molar-refractivity contribution in [2.24, 2.45) is 5.92 Å². The molecule has 0 spiro atoms. The maximum absolute atomic E-state index is 10.5. The quantitative estimate of drug-likeness (QED) is 0.820. The Kier molecular flexibility index (Phi) is 4.53. The highest BCUT2D eigenvalue weighted by molar-refractivity contribution is 7.99. The minimum Gasteiger partial charge on any atom is -0.481 e. The molecule has 0 aromatic heterocycles. The topological polar surface area (TPSA) is 40.5 Å². The Bertz CT molecular complexity index is 241. The van der Waals surface area contributed by atoms with E-state index in [0.717, 1.165) is 19.0 Å². The third kappa shape index (κ3) is 3.39. The molecule has 1 atom stereocenters. The Morgan fingerprint density at radius 3 is 2.75 bits per heavy atom. The standard InChI is InChI=1S/C12H21NO2S/c14-12(15)2-1-10-3-6-13(9-10)11-4-7-16-8-5-11/h10-11H,1-9H2,(H,14,15). The molecule has 16 heavy (non-hydrogen) atoms. The van der Waals surface area contributed by atoms with Crippen LogP contribution in [0.25, 0.3) is 0 Å². The van der Waals surface area contributed by atoms with E-state index in [4.69, 9.17) is 5.11 Å². The summed E-state index contributed by atoms with van der Waals surface area (Å²) in [4.78, 5) is 13.1. The number of rotatable bonds is 4. The normalized spacial score (nSPS) is 28.4. The summed E-state index contributed by atoms with van der Waals surface area (Å²) < 4.78 is 0. The average molecular weight is 243 g/mol. The summed E-state index contributed by atoms with van der Waals surface area (Å²) >= 11 is 2.07. The van der Waals surface area contributed by atoms with Crippen LogP contribution in [-0.4, -0.2) is 46.6 Å². The van der Waals surface area contributed by atoms with Gasteiger partial charge in [0.1, 0.15) is 0 Å². The Balaban J connectivity index is 1.72. The zero-order valence-electron chi connectivity index (χ0n) is 9.73. The maximum Gasteiger partial charge on any atom is 0.303 e. The number of thioether (sulfide) groups is 1. The fourth-order valence-corrected chi connectivity index (χ4v) is 3.89. The number of likely N-dealkylation sites (tertiary alicyclic amines) is 1. The number of carbonyl (C=O) groups is 1.